The monoisotopic (exact) mass is 418 g/mol. The SMILES string of the molecule is COc1ccccc1CCN(C)S(=O)(=O)c1cc(Br)cnc1Cl. The van der Waals surface area contributed by atoms with Crippen LogP contribution in [0.4, 0.5) is 0 Å². The lowest BCUT2D eigenvalue weighted by Crippen LogP contribution is -2.29. The molecule has 0 saturated heterocycles. The van der Waals surface area contributed by atoms with Gasteiger partial charge >= 0.3 is 0 Å². The summed E-state index contributed by atoms with van der Waals surface area (Å²) >= 11 is 9.14. The van der Waals surface area contributed by atoms with Crippen molar-refractivity contribution in [2.24, 2.45) is 0 Å². The first-order valence-electron chi connectivity index (χ1n) is 6.75. The van der Waals surface area contributed by atoms with Crippen LogP contribution in [0.25, 0.3) is 0 Å². The Balaban J connectivity index is 2.19. The van der Waals surface area contributed by atoms with Crippen LogP contribution in [0.15, 0.2) is 45.9 Å². The highest BCUT2D eigenvalue weighted by atomic mass is 79.9. The Kier molecular flexibility index (Phi) is 6.02. The van der Waals surface area contributed by atoms with E-state index in [1.54, 1.807) is 7.11 Å². The van der Waals surface area contributed by atoms with E-state index >= 15 is 0 Å². The van der Waals surface area contributed by atoms with Gasteiger partial charge < -0.3 is 4.74 Å². The van der Waals surface area contributed by atoms with Crippen LogP contribution < -0.4 is 4.74 Å². The number of hydrogen-bond donors (Lipinski definition) is 0. The Morgan fingerprint density at radius 3 is 2.74 bits per heavy atom. The zero-order chi connectivity index (χ0) is 17.0. The van der Waals surface area contributed by atoms with Crippen molar-refractivity contribution in [2.45, 2.75) is 11.3 Å². The summed E-state index contributed by atoms with van der Waals surface area (Å²) in [5, 5.41) is -0.0441. The highest BCUT2D eigenvalue weighted by Crippen LogP contribution is 2.26. The Hall–Kier alpha value is -1.15. The largest absolute Gasteiger partial charge is 0.496 e. The van der Waals surface area contributed by atoms with E-state index in [2.05, 4.69) is 20.9 Å². The van der Waals surface area contributed by atoms with Crippen molar-refractivity contribution in [3.8, 4) is 5.75 Å². The molecule has 0 unspecified atom stereocenters. The molecule has 0 aliphatic rings. The van der Waals surface area contributed by atoms with Crippen LogP contribution in [-0.4, -0.2) is 38.4 Å². The summed E-state index contributed by atoms with van der Waals surface area (Å²) in [4.78, 5) is 3.85. The second kappa shape index (κ2) is 7.61. The smallest absolute Gasteiger partial charge is 0.245 e. The minimum Gasteiger partial charge on any atom is -0.496 e. The molecule has 5 nitrogen and oxygen atoms in total. The van der Waals surface area contributed by atoms with Gasteiger partial charge in [-0.05, 0) is 40.0 Å². The minimum absolute atomic E-state index is 0.0175. The quantitative estimate of drug-likeness (QED) is 0.674. The Labute approximate surface area is 149 Å². The molecule has 124 valence electrons. The van der Waals surface area contributed by atoms with Crippen molar-refractivity contribution in [3.05, 3.63) is 51.7 Å². The molecular weight excluding hydrogens is 404 g/mol. The Bertz CT molecular complexity index is 799. The molecule has 0 amide bonds. The van der Waals surface area contributed by atoms with Crippen LogP contribution in [0.2, 0.25) is 5.15 Å². The zero-order valence-corrected chi connectivity index (χ0v) is 15.8. The highest BCUT2D eigenvalue weighted by molar-refractivity contribution is 9.10. The number of nitrogens with zero attached hydrogens (tertiary/aromatic N) is 2. The molecule has 0 spiro atoms. The number of pyridine rings is 1. The standard InChI is InChI=1S/C15H16BrClN2O3S/c1-19(8-7-11-5-3-4-6-13(11)22-2)23(20,21)14-9-12(16)10-18-15(14)17/h3-6,9-10H,7-8H2,1-2H3. The fourth-order valence-corrected chi connectivity index (χ4v) is 4.15. The number of sulfonamides is 1. The first-order valence-corrected chi connectivity index (χ1v) is 9.36. The molecular formula is C15H16BrClN2O3S. The van der Waals surface area contributed by atoms with E-state index < -0.39 is 10.0 Å². The molecule has 0 atom stereocenters. The van der Waals surface area contributed by atoms with Crippen molar-refractivity contribution in [3.63, 3.8) is 0 Å². The van der Waals surface area contributed by atoms with E-state index in [0.29, 0.717) is 17.4 Å². The molecule has 0 N–H and O–H groups in total. The van der Waals surface area contributed by atoms with E-state index in [1.807, 2.05) is 24.3 Å². The predicted molar refractivity (Wildman–Crippen MR) is 93.5 cm³/mol. The fraction of sp³-hybridized carbons (Fsp3) is 0.267. The summed E-state index contributed by atoms with van der Waals surface area (Å²) in [6.45, 7) is 0.297. The van der Waals surface area contributed by atoms with Gasteiger partial charge in [0.25, 0.3) is 0 Å². The summed E-state index contributed by atoms with van der Waals surface area (Å²) in [5.41, 5.74) is 0.940. The molecule has 8 heteroatoms. The average Bonchev–Trinajstić information content (AvgIpc) is 2.54. The molecule has 1 aromatic carbocycles. The number of halogens is 2. The van der Waals surface area contributed by atoms with Crippen molar-refractivity contribution < 1.29 is 13.2 Å². The molecule has 0 fully saturated rings. The van der Waals surface area contributed by atoms with Crippen LogP contribution in [0.3, 0.4) is 0 Å². The Morgan fingerprint density at radius 1 is 1.35 bits per heavy atom. The molecule has 0 bridgehead atoms. The molecule has 2 aromatic rings. The number of hydrogen-bond acceptors (Lipinski definition) is 4. The number of benzene rings is 1. The average molecular weight is 420 g/mol. The molecule has 2 rings (SSSR count). The van der Waals surface area contributed by atoms with Gasteiger partial charge in [0.15, 0.2) is 0 Å². The van der Waals surface area contributed by atoms with Gasteiger partial charge in [0, 0.05) is 24.3 Å². The van der Waals surface area contributed by atoms with Crippen molar-refractivity contribution in [2.75, 3.05) is 20.7 Å². The molecule has 23 heavy (non-hydrogen) atoms. The van der Waals surface area contributed by atoms with Crippen LogP contribution >= 0.6 is 27.5 Å². The highest BCUT2D eigenvalue weighted by Gasteiger charge is 2.24. The minimum atomic E-state index is -3.71. The normalized spacial score (nSPS) is 11.7. The maximum absolute atomic E-state index is 12.6. The second-order valence-electron chi connectivity index (χ2n) is 4.83. The first kappa shape index (κ1) is 18.2. The van der Waals surface area contributed by atoms with Crippen LogP contribution in [-0.2, 0) is 16.4 Å². The lowest BCUT2D eigenvalue weighted by atomic mass is 10.1. The predicted octanol–water partition coefficient (Wildman–Crippen LogP) is 3.37. The van der Waals surface area contributed by atoms with E-state index in [-0.39, 0.29) is 10.0 Å². The maximum atomic E-state index is 12.6. The Morgan fingerprint density at radius 2 is 2.04 bits per heavy atom. The fourth-order valence-electron chi connectivity index (χ4n) is 2.06. The summed E-state index contributed by atoms with van der Waals surface area (Å²) in [6, 6.07) is 8.97. The molecule has 0 aliphatic carbocycles. The van der Waals surface area contributed by atoms with Crippen LogP contribution in [0, 0.1) is 0 Å². The lowest BCUT2D eigenvalue weighted by Gasteiger charge is -2.18. The third-order valence-electron chi connectivity index (χ3n) is 3.35. The lowest BCUT2D eigenvalue weighted by molar-refractivity contribution is 0.406. The molecule has 0 aliphatic heterocycles. The number of methoxy groups -OCH3 is 1. The van der Waals surface area contributed by atoms with E-state index in [4.69, 9.17) is 16.3 Å². The van der Waals surface area contributed by atoms with Crippen LogP contribution in [0.5, 0.6) is 5.75 Å². The number of para-hydroxylation sites is 1. The van der Waals surface area contributed by atoms with Crippen molar-refractivity contribution >= 4 is 37.6 Å². The van der Waals surface area contributed by atoms with Gasteiger partial charge in [-0.3, -0.25) is 0 Å². The first-order chi connectivity index (χ1) is 10.9. The summed E-state index contributed by atoms with van der Waals surface area (Å²) in [6.07, 6.45) is 1.98. The molecule has 1 heterocycles. The zero-order valence-electron chi connectivity index (χ0n) is 12.7. The second-order valence-corrected chi connectivity index (χ2v) is 8.12. The van der Waals surface area contributed by atoms with Crippen LogP contribution in [0.1, 0.15) is 5.56 Å². The molecule has 1 aromatic heterocycles. The summed E-state index contributed by atoms with van der Waals surface area (Å²) < 4.78 is 32.4. The molecule has 0 saturated carbocycles. The molecule has 0 radical (unpaired) electrons. The van der Waals surface area contributed by atoms with E-state index in [1.165, 1.54) is 23.6 Å². The summed E-state index contributed by atoms with van der Waals surface area (Å²) in [5.74, 6) is 0.737. The number of likely N-dealkylation sites (N-methyl/N-ethyl adjacent to an activating group) is 1. The summed E-state index contributed by atoms with van der Waals surface area (Å²) in [7, 11) is -0.608. The van der Waals surface area contributed by atoms with Gasteiger partial charge in [0.2, 0.25) is 10.0 Å². The number of aromatic nitrogens is 1. The topological polar surface area (TPSA) is 59.5 Å². The van der Waals surface area contributed by atoms with Crippen molar-refractivity contribution in [1.29, 1.82) is 0 Å². The van der Waals surface area contributed by atoms with Crippen molar-refractivity contribution in [1.82, 2.24) is 9.29 Å². The van der Waals surface area contributed by atoms with Gasteiger partial charge in [0.1, 0.15) is 15.8 Å². The van der Waals surface area contributed by atoms with Gasteiger partial charge in [-0.1, -0.05) is 29.8 Å². The maximum Gasteiger partial charge on any atom is 0.245 e. The van der Waals surface area contributed by atoms with E-state index in [0.717, 1.165) is 11.3 Å². The van der Waals surface area contributed by atoms with E-state index in [9.17, 15) is 8.42 Å². The van der Waals surface area contributed by atoms with Gasteiger partial charge in [0.05, 0.1) is 7.11 Å². The van der Waals surface area contributed by atoms with Gasteiger partial charge in [-0.15, -0.1) is 0 Å². The third kappa shape index (κ3) is 4.23. The number of ether oxygens (including phenoxy) is 1. The third-order valence-corrected chi connectivity index (χ3v) is 6.07. The van der Waals surface area contributed by atoms with Gasteiger partial charge in [-0.2, -0.15) is 0 Å². The number of rotatable bonds is 6. The van der Waals surface area contributed by atoms with Gasteiger partial charge in [-0.25, -0.2) is 17.7 Å².